The third kappa shape index (κ3) is 2.23. The van der Waals surface area contributed by atoms with Gasteiger partial charge in [-0.25, -0.2) is 0 Å². The Balaban J connectivity index is 2.00. The topological polar surface area (TPSA) is 52.3 Å². The number of Topliss-reactive ketones (excluding diaryl/α,β-unsaturated/α-hetero) is 1. The van der Waals surface area contributed by atoms with Crippen LogP contribution in [-0.2, 0) is 9.53 Å². The van der Waals surface area contributed by atoms with Crippen LogP contribution in [0, 0.1) is 5.92 Å². The standard InChI is InChI=1S/C12H21NO2/c1-9(13)11(14)10-4-7-15-12(8-10)5-2-3-6-12/h9-10H,2-8,13H2,1H3/t9-,10?/m0/s1. The first-order chi connectivity index (χ1) is 7.13. The highest BCUT2D eigenvalue weighted by molar-refractivity contribution is 5.85. The van der Waals surface area contributed by atoms with Crippen LogP contribution in [0.4, 0.5) is 0 Å². The Kier molecular flexibility index (Phi) is 3.12. The number of hydrogen-bond acceptors (Lipinski definition) is 3. The minimum absolute atomic E-state index is 0.0352. The first-order valence-corrected chi connectivity index (χ1v) is 6.06. The van der Waals surface area contributed by atoms with Gasteiger partial charge in [0, 0.05) is 12.5 Å². The van der Waals surface area contributed by atoms with Crippen molar-refractivity contribution in [1.82, 2.24) is 0 Å². The predicted octanol–water partition coefficient (Wildman–Crippen LogP) is 1.64. The molecule has 2 N–H and O–H groups in total. The van der Waals surface area contributed by atoms with Gasteiger partial charge < -0.3 is 10.5 Å². The molecule has 86 valence electrons. The number of ether oxygens (including phenoxy) is 1. The summed E-state index contributed by atoms with van der Waals surface area (Å²) in [6.07, 6.45) is 6.54. The molecule has 1 aliphatic heterocycles. The monoisotopic (exact) mass is 211 g/mol. The number of ketones is 1. The second-order valence-electron chi connectivity index (χ2n) is 5.12. The maximum absolute atomic E-state index is 11.9. The summed E-state index contributed by atoms with van der Waals surface area (Å²) in [6.45, 7) is 2.53. The van der Waals surface area contributed by atoms with Gasteiger partial charge in [0.05, 0.1) is 11.6 Å². The summed E-state index contributed by atoms with van der Waals surface area (Å²) in [5, 5.41) is 0. The second kappa shape index (κ2) is 4.22. The van der Waals surface area contributed by atoms with Crippen molar-refractivity contribution in [3.8, 4) is 0 Å². The van der Waals surface area contributed by atoms with Crippen molar-refractivity contribution in [3.05, 3.63) is 0 Å². The lowest BCUT2D eigenvalue weighted by Gasteiger charge is -2.38. The summed E-state index contributed by atoms with van der Waals surface area (Å²) in [5.74, 6) is 0.376. The lowest BCUT2D eigenvalue weighted by Crippen LogP contribution is -2.43. The van der Waals surface area contributed by atoms with E-state index < -0.39 is 0 Å². The highest BCUT2D eigenvalue weighted by atomic mass is 16.5. The number of rotatable bonds is 2. The zero-order chi connectivity index (χ0) is 10.9. The highest BCUT2D eigenvalue weighted by Gasteiger charge is 2.42. The molecule has 2 fully saturated rings. The van der Waals surface area contributed by atoms with E-state index in [-0.39, 0.29) is 23.3 Å². The molecule has 15 heavy (non-hydrogen) atoms. The Hall–Kier alpha value is -0.410. The van der Waals surface area contributed by atoms with Gasteiger partial charge in [0.25, 0.3) is 0 Å². The van der Waals surface area contributed by atoms with E-state index in [4.69, 9.17) is 10.5 Å². The molecule has 3 nitrogen and oxygen atoms in total. The summed E-state index contributed by atoms with van der Waals surface area (Å²) < 4.78 is 5.89. The minimum atomic E-state index is -0.313. The quantitative estimate of drug-likeness (QED) is 0.755. The zero-order valence-electron chi connectivity index (χ0n) is 9.50. The molecule has 2 rings (SSSR count). The van der Waals surface area contributed by atoms with E-state index >= 15 is 0 Å². The molecular weight excluding hydrogens is 190 g/mol. The number of carbonyl (C=O) groups is 1. The third-order valence-corrected chi connectivity index (χ3v) is 3.86. The molecule has 0 bridgehead atoms. The van der Waals surface area contributed by atoms with E-state index in [1.54, 1.807) is 6.92 Å². The first kappa shape index (κ1) is 11.1. The van der Waals surface area contributed by atoms with E-state index in [0.717, 1.165) is 32.3 Å². The van der Waals surface area contributed by atoms with Gasteiger partial charge >= 0.3 is 0 Å². The van der Waals surface area contributed by atoms with Crippen molar-refractivity contribution < 1.29 is 9.53 Å². The van der Waals surface area contributed by atoms with Gasteiger partial charge in [-0.1, -0.05) is 12.8 Å². The number of hydrogen-bond donors (Lipinski definition) is 1. The molecule has 1 aliphatic carbocycles. The fourth-order valence-corrected chi connectivity index (χ4v) is 3.01. The molecule has 3 heteroatoms. The maximum atomic E-state index is 11.9. The van der Waals surface area contributed by atoms with E-state index in [9.17, 15) is 4.79 Å². The molecule has 2 aliphatic rings. The molecule has 0 amide bonds. The lowest BCUT2D eigenvalue weighted by atomic mass is 9.81. The molecule has 1 saturated carbocycles. The summed E-state index contributed by atoms with van der Waals surface area (Å²) in [4.78, 5) is 11.9. The van der Waals surface area contributed by atoms with Gasteiger partial charge in [-0.15, -0.1) is 0 Å². The highest BCUT2D eigenvalue weighted by Crippen LogP contribution is 2.42. The molecule has 0 aromatic carbocycles. The summed E-state index contributed by atoms with van der Waals surface area (Å²) in [7, 11) is 0. The minimum Gasteiger partial charge on any atom is -0.375 e. The average molecular weight is 211 g/mol. The van der Waals surface area contributed by atoms with E-state index in [1.807, 2.05) is 0 Å². The fourth-order valence-electron chi connectivity index (χ4n) is 3.01. The summed E-state index contributed by atoms with van der Waals surface area (Å²) in [6, 6.07) is -0.313. The van der Waals surface area contributed by atoms with E-state index in [0.29, 0.717) is 0 Å². The van der Waals surface area contributed by atoms with Crippen molar-refractivity contribution in [2.45, 2.75) is 57.1 Å². The van der Waals surface area contributed by atoms with Crippen molar-refractivity contribution in [3.63, 3.8) is 0 Å². The van der Waals surface area contributed by atoms with Crippen LogP contribution in [0.15, 0.2) is 0 Å². The molecule has 1 unspecified atom stereocenters. The molecule has 0 aromatic rings. The first-order valence-electron chi connectivity index (χ1n) is 6.06. The van der Waals surface area contributed by atoms with Crippen molar-refractivity contribution in [2.75, 3.05) is 6.61 Å². The van der Waals surface area contributed by atoms with Crippen LogP contribution in [0.5, 0.6) is 0 Å². The SMILES string of the molecule is C[C@H](N)C(=O)C1CCOC2(CCCC2)C1. The summed E-state index contributed by atoms with van der Waals surface area (Å²) >= 11 is 0. The number of nitrogens with two attached hydrogens (primary N) is 1. The van der Waals surface area contributed by atoms with Gasteiger partial charge in [0.2, 0.25) is 0 Å². The van der Waals surface area contributed by atoms with Crippen molar-refractivity contribution >= 4 is 5.78 Å². The van der Waals surface area contributed by atoms with E-state index in [2.05, 4.69) is 0 Å². The molecule has 1 saturated heterocycles. The van der Waals surface area contributed by atoms with Crippen molar-refractivity contribution in [2.24, 2.45) is 11.7 Å². The Morgan fingerprint density at radius 3 is 2.73 bits per heavy atom. The maximum Gasteiger partial charge on any atom is 0.152 e. The van der Waals surface area contributed by atoms with E-state index in [1.165, 1.54) is 12.8 Å². The largest absolute Gasteiger partial charge is 0.375 e. The van der Waals surface area contributed by atoms with Crippen LogP contribution >= 0.6 is 0 Å². The van der Waals surface area contributed by atoms with Crippen LogP contribution in [0.2, 0.25) is 0 Å². The summed E-state index contributed by atoms with van der Waals surface area (Å²) in [5.41, 5.74) is 5.70. The van der Waals surface area contributed by atoms with Gasteiger partial charge in [-0.2, -0.15) is 0 Å². The normalized spacial score (nSPS) is 31.7. The lowest BCUT2D eigenvalue weighted by molar-refractivity contribution is -0.137. The van der Waals surface area contributed by atoms with Gasteiger partial charge in [0.15, 0.2) is 5.78 Å². The molecule has 1 heterocycles. The Bertz CT molecular complexity index is 244. The molecule has 0 radical (unpaired) electrons. The molecule has 1 spiro atoms. The van der Waals surface area contributed by atoms with Crippen molar-refractivity contribution in [1.29, 1.82) is 0 Å². The molecule has 2 atom stereocenters. The van der Waals surface area contributed by atoms with Crippen LogP contribution in [0.3, 0.4) is 0 Å². The molecular formula is C12H21NO2. The van der Waals surface area contributed by atoms with Gasteiger partial charge in [-0.05, 0) is 32.6 Å². The second-order valence-corrected chi connectivity index (χ2v) is 5.12. The molecule has 0 aromatic heterocycles. The Labute approximate surface area is 91.4 Å². The zero-order valence-corrected chi connectivity index (χ0v) is 9.50. The van der Waals surface area contributed by atoms with Crippen LogP contribution in [0.25, 0.3) is 0 Å². The smallest absolute Gasteiger partial charge is 0.152 e. The number of carbonyl (C=O) groups excluding carboxylic acids is 1. The fraction of sp³-hybridized carbons (Fsp3) is 0.917. The van der Waals surface area contributed by atoms with Crippen LogP contribution < -0.4 is 5.73 Å². The van der Waals surface area contributed by atoms with Crippen LogP contribution in [0.1, 0.15) is 45.4 Å². The van der Waals surface area contributed by atoms with Gasteiger partial charge in [-0.3, -0.25) is 4.79 Å². The van der Waals surface area contributed by atoms with Gasteiger partial charge in [0.1, 0.15) is 0 Å². The third-order valence-electron chi connectivity index (χ3n) is 3.86. The predicted molar refractivity (Wildman–Crippen MR) is 58.5 cm³/mol. The Morgan fingerprint density at radius 2 is 2.13 bits per heavy atom. The van der Waals surface area contributed by atoms with Crippen LogP contribution in [-0.4, -0.2) is 24.0 Å². The average Bonchev–Trinajstić information content (AvgIpc) is 2.65. The Morgan fingerprint density at radius 1 is 1.47 bits per heavy atom.